The highest BCUT2D eigenvalue weighted by atomic mass is 19.1. The van der Waals surface area contributed by atoms with Gasteiger partial charge in [-0.25, -0.2) is 8.78 Å². The number of carbonyl (C=O) groups is 1. The van der Waals surface area contributed by atoms with Crippen LogP contribution in [0.4, 0.5) is 8.78 Å². The van der Waals surface area contributed by atoms with Crippen LogP contribution in [0.2, 0.25) is 0 Å². The lowest BCUT2D eigenvalue weighted by Crippen LogP contribution is -2.33. The minimum atomic E-state index is -0.857. The quantitative estimate of drug-likeness (QED) is 0.803. The van der Waals surface area contributed by atoms with Gasteiger partial charge in [0.1, 0.15) is 11.6 Å². The van der Waals surface area contributed by atoms with Crippen LogP contribution in [0.15, 0.2) is 18.2 Å². The fourth-order valence-corrected chi connectivity index (χ4v) is 1.53. The van der Waals surface area contributed by atoms with Crippen LogP contribution in [0.25, 0.3) is 0 Å². The first-order valence-corrected chi connectivity index (χ1v) is 5.17. The minimum absolute atomic E-state index is 0.203. The Morgan fingerprint density at radius 2 is 1.81 bits per heavy atom. The molecule has 1 aromatic carbocycles. The Hall–Kier alpha value is -1.29. The molecule has 0 aromatic heterocycles. The largest absolute Gasteiger partial charge is 0.321 e. The van der Waals surface area contributed by atoms with Crippen molar-refractivity contribution < 1.29 is 13.6 Å². The van der Waals surface area contributed by atoms with Gasteiger partial charge in [-0.1, -0.05) is 19.9 Å². The van der Waals surface area contributed by atoms with Crippen LogP contribution in [-0.4, -0.2) is 11.8 Å². The summed E-state index contributed by atoms with van der Waals surface area (Å²) in [6.45, 7) is 3.79. The van der Waals surface area contributed by atoms with Gasteiger partial charge in [-0.05, 0) is 24.5 Å². The van der Waals surface area contributed by atoms with Crippen molar-refractivity contribution in [1.82, 2.24) is 0 Å². The Balaban J connectivity index is 2.96. The maximum atomic E-state index is 13.3. The van der Waals surface area contributed by atoms with Gasteiger partial charge in [-0.15, -0.1) is 0 Å². The third-order valence-electron chi connectivity index (χ3n) is 2.27. The number of Topliss-reactive ketones (excluding diaryl/α,β-unsaturated/α-hetero) is 1. The van der Waals surface area contributed by atoms with Crippen molar-refractivity contribution >= 4 is 5.78 Å². The van der Waals surface area contributed by atoms with Crippen molar-refractivity contribution in [1.29, 1.82) is 0 Å². The van der Waals surface area contributed by atoms with E-state index in [2.05, 4.69) is 0 Å². The lowest BCUT2D eigenvalue weighted by molar-refractivity contribution is 0.0942. The smallest absolute Gasteiger partial charge is 0.185 e. The summed E-state index contributed by atoms with van der Waals surface area (Å²) in [6, 6.07) is 2.47. The second-order valence-corrected chi connectivity index (χ2v) is 4.20. The van der Waals surface area contributed by atoms with Gasteiger partial charge in [0, 0.05) is 0 Å². The van der Waals surface area contributed by atoms with Crippen LogP contribution in [0.5, 0.6) is 0 Å². The fraction of sp³-hybridized carbons (Fsp3) is 0.417. The van der Waals surface area contributed by atoms with Crippen LogP contribution in [0.1, 0.15) is 30.6 Å². The lowest BCUT2D eigenvalue weighted by Gasteiger charge is -2.13. The van der Waals surface area contributed by atoms with Crippen LogP contribution in [0.3, 0.4) is 0 Å². The molecule has 0 saturated carbocycles. The van der Waals surface area contributed by atoms with Crippen LogP contribution in [0, 0.1) is 17.6 Å². The molecule has 0 aliphatic rings. The van der Waals surface area contributed by atoms with E-state index in [-0.39, 0.29) is 5.92 Å². The number of halogens is 2. The average molecular weight is 227 g/mol. The van der Waals surface area contributed by atoms with Crippen molar-refractivity contribution in [2.24, 2.45) is 11.7 Å². The monoisotopic (exact) mass is 227 g/mol. The van der Waals surface area contributed by atoms with E-state index in [1.807, 2.05) is 13.8 Å². The summed E-state index contributed by atoms with van der Waals surface area (Å²) in [7, 11) is 0. The highest BCUT2D eigenvalue weighted by Crippen LogP contribution is 2.16. The molecular formula is C12H15F2NO. The summed E-state index contributed by atoms with van der Waals surface area (Å²) >= 11 is 0. The van der Waals surface area contributed by atoms with Gasteiger partial charge in [0.15, 0.2) is 5.78 Å². The molecule has 2 nitrogen and oxygen atoms in total. The molecule has 1 unspecified atom stereocenters. The highest BCUT2D eigenvalue weighted by Gasteiger charge is 2.23. The van der Waals surface area contributed by atoms with E-state index in [1.165, 1.54) is 6.07 Å². The van der Waals surface area contributed by atoms with Crippen molar-refractivity contribution in [3.63, 3.8) is 0 Å². The van der Waals surface area contributed by atoms with Gasteiger partial charge in [0.25, 0.3) is 0 Å². The first kappa shape index (κ1) is 12.8. The summed E-state index contributed by atoms with van der Waals surface area (Å²) in [5.74, 6) is -2.19. The van der Waals surface area contributed by atoms with Gasteiger partial charge in [0.05, 0.1) is 11.6 Å². The van der Waals surface area contributed by atoms with Gasteiger partial charge in [-0.3, -0.25) is 4.79 Å². The van der Waals surface area contributed by atoms with E-state index in [4.69, 9.17) is 5.73 Å². The maximum absolute atomic E-state index is 13.3. The molecule has 1 rings (SSSR count). The van der Waals surface area contributed by atoms with Crippen LogP contribution >= 0.6 is 0 Å². The molecule has 16 heavy (non-hydrogen) atoms. The third-order valence-corrected chi connectivity index (χ3v) is 2.27. The van der Waals surface area contributed by atoms with E-state index >= 15 is 0 Å². The summed E-state index contributed by atoms with van der Waals surface area (Å²) in [4.78, 5) is 11.7. The molecule has 4 heteroatoms. The van der Waals surface area contributed by atoms with Gasteiger partial charge in [0.2, 0.25) is 0 Å². The van der Waals surface area contributed by atoms with Crippen molar-refractivity contribution in [3.05, 3.63) is 35.4 Å². The molecule has 1 aromatic rings. The summed E-state index contributed by atoms with van der Waals surface area (Å²) in [5.41, 5.74) is 5.07. The molecule has 2 N–H and O–H groups in total. The summed E-state index contributed by atoms with van der Waals surface area (Å²) in [6.07, 6.45) is 0.409. The Morgan fingerprint density at radius 3 is 2.25 bits per heavy atom. The van der Waals surface area contributed by atoms with E-state index < -0.39 is 29.0 Å². The lowest BCUT2D eigenvalue weighted by atomic mass is 9.96. The first-order chi connectivity index (χ1) is 7.43. The van der Waals surface area contributed by atoms with E-state index in [0.29, 0.717) is 6.42 Å². The Bertz CT molecular complexity index is 370. The number of hydrogen-bond acceptors (Lipinski definition) is 2. The number of benzene rings is 1. The molecule has 0 amide bonds. The fourth-order valence-electron chi connectivity index (χ4n) is 1.53. The number of carbonyl (C=O) groups excluding carboxylic acids is 1. The van der Waals surface area contributed by atoms with Crippen LogP contribution in [-0.2, 0) is 0 Å². The molecule has 0 radical (unpaired) electrons. The molecule has 0 aliphatic heterocycles. The molecule has 0 spiro atoms. The Kier molecular flexibility index (Phi) is 4.12. The third kappa shape index (κ3) is 2.85. The van der Waals surface area contributed by atoms with Crippen molar-refractivity contribution in [2.45, 2.75) is 26.3 Å². The van der Waals surface area contributed by atoms with E-state index in [1.54, 1.807) is 0 Å². The van der Waals surface area contributed by atoms with E-state index in [9.17, 15) is 13.6 Å². The topological polar surface area (TPSA) is 43.1 Å². The van der Waals surface area contributed by atoms with E-state index in [0.717, 1.165) is 12.1 Å². The standard InChI is InChI=1S/C12H15F2NO/c1-7(2)6-10(15)12(16)11-8(13)4-3-5-9(11)14/h3-5,7,10H,6,15H2,1-2H3. The first-order valence-electron chi connectivity index (χ1n) is 5.17. The molecule has 0 bridgehead atoms. The van der Waals surface area contributed by atoms with Gasteiger partial charge >= 0.3 is 0 Å². The molecule has 1 atom stereocenters. The molecule has 0 aliphatic carbocycles. The highest BCUT2D eigenvalue weighted by molar-refractivity contribution is 6.00. The van der Waals surface area contributed by atoms with Gasteiger partial charge < -0.3 is 5.73 Å². The zero-order valence-electron chi connectivity index (χ0n) is 9.34. The zero-order chi connectivity index (χ0) is 12.3. The Morgan fingerprint density at radius 1 is 1.31 bits per heavy atom. The normalized spacial score (nSPS) is 12.9. The average Bonchev–Trinajstić information content (AvgIpc) is 2.16. The molecule has 0 fully saturated rings. The molecule has 88 valence electrons. The number of rotatable bonds is 4. The second kappa shape index (κ2) is 5.16. The van der Waals surface area contributed by atoms with Crippen molar-refractivity contribution in [3.8, 4) is 0 Å². The summed E-state index contributed by atoms with van der Waals surface area (Å²) in [5, 5.41) is 0. The Labute approximate surface area is 93.5 Å². The molecule has 0 heterocycles. The second-order valence-electron chi connectivity index (χ2n) is 4.20. The zero-order valence-corrected chi connectivity index (χ0v) is 9.34. The molecular weight excluding hydrogens is 212 g/mol. The number of hydrogen-bond donors (Lipinski definition) is 1. The number of ketones is 1. The van der Waals surface area contributed by atoms with Gasteiger partial charge in [-0.2, -0.15) is 0 Å². The summed E-state index contributed by atoms with van der Waals surface area (Å²) < 4.78 is 26.6. The van der Waals surface area contributed by atoms with Crippen LogP contribution < -0.4 is 5.73 Å². The predicted octanol–water partition coefficient (Wildman–Crippen LogP) is 2.52. The van der Waals surface area contributed by atoms with Crippen molar-refractivity contribution in [2.75, 3.05) is 0 Å². The molecule has 0 saturated heterocycles. The maximum Gasteiger partial charge on any atom is 0.185 e. The minimum Gasteiger partial charge on any atom is -0.321 e. The number of nitrogens with two attached hydrogens (primary N) is 1. The predicted molar refractivity (Wildman–Crippen MR) is 58.1 cm³/mol. The SMILES string of the molecule is CC(C)CC(N)C(=O)c1c(F)cccc1F.